The maximum atomic E-state index is 12.3. The molecule has 2 aromatic rings. The zero-order valence-corrected chi connectivity index (χ0v) is 12.2. The second-order valence-corrected chi connectivity index (χ2v) is 5.12. The van der Waals surface area contributed by atoms with Crippen molar-refractivity contribution in [3.05, 3.63) is 45.7 Å². The highest BCUT2D eigenvalue weighted by atomic mass is 16.6. The van der Waals surface area contributed by atoms with Gasteiger partial charge in [-0.1, -0.05) is 0 Å². The van der Waals surface area contributed by atoms with Gasteiger partial charge in [-0.05, 0) is 36.8 Å². The van der Waals surface area contributed by atoms with Crippen LogP contribution in [0.2, 0.25) is 0 Å². The highest BCUT2D eigenvalue weighted by molar-refractivity contribution is 5.65. The van der Waals surface area contributed by atoms with E-state index in [1.54, 1.807) is 11.6 Å². The summed E-state index contributed by atoms with van der Waals surface area (Å²) < 4.78 is 12.7. The van der Waals surface area contributed by atoms with Crippen LogP contribution in [0.4, 0.5) is 0 Å². The maximum Gasteiger partial charge on any atom is 0.255 e. The summed E-state index contributed by atoms with van der Waals surface area (Å²) >= 11 is 0. The minimum Gasteiger partial charge on any atom is -0.486 e. The molecule has 5 nitrogen and oxygen atoms in total. The van der Waals surface area contributed by atoms with E-state index in [0.29, 0.717) is 24.5 Å². The minimum absolute atomic E-state index is 0.0533. The molecule has 1 aromatic carbocycles. The molecule has 0 fully saturated rings. The number of nitrogens with two attached hydrogens (primary N) is 1. The topological polar surface area (TPSA) is 66.5 Å². The van der Waals surface area contributed by atoms with Crippen molar-refractivity contribution in [2.24, 2.45) is 12.8 Å². The first-order chi connectivity index (χ1) is 10.1. The molecule has 0 radical (unpaired) electrons. The lowest BCUT2D eigenvalue weighted by atomic mass is 10.0. The largest absolute Gasteiger partial charge is 0.486 e. The van der Waals surface area contributed by atoms with Gasteiger partial charge in [-0.3, -0.25) is 4.79 Å². The summed E-state index contributed by atoms with van der Waals surface area (Å²) in [5.41, 5.74) is 8.92. The SMILES string of the molecule is Cc1cc(-c2ccc3c(c2)OCCO3)n(C)c(=O)c1CN. The first-order valence-electron chi connectivity index (χ1n) is 6.91. The Morgan fingerprint density at radius 3 is 2.62 bits per heavy atom. The molecule has 0 saturated carbocycles. The third-order valence-electron chi connectivity index (χ3n) is 3.80. The smallest absolute Gasteiger partial charge is 0.255 e. The molecular weight excluding hydrogens is 268 g/mol. The molecule has 3 rings (SSSR count). The van der Waals surface area contributed by atoms with E-state index in [9.17, 15) is 4.79 Å². The highest BCUT2D eigenvalue weighted by Gasteiger charge is 2.15. The van der Waals surface area contributed by atoms with Crippen molar-refractivity contribution in [2.75, 3.05) is 13.2 Å². The number of benzene rings is 1. The van der Waals surface area contributed by atoms with Gasteiger partial charge in [0.1, 0.15) is 13.2 Å². The molecule has 0 unspecified atom stereocenters. The molecule has 2 N–H and O–H groups in total. The van der Waals surface area contributed by atoms with Crippen LogP contribution in [0.5, 0.6) is 11.5 Å². The van der Waals surface area contributed by atoms with Crippen molar-refractivity contribution >= 4 is 0 Å². The number of pyridine rings is 1. The number of rotatable bonds is 2. The van der Waals surface area contributed by atoms with Gasteiger partial charge in [-0.25, -0.2) is 0 Å². The summed E-state index contributed by atoms with van der Waals surface area (Å²) in [6.07, 6.45) is 0. The number of aryl methyl sites for hydroxylation is 1. The highest BCUT2D eigenvalue weighted by Crippen LogP contribution is 2.34. The van der Waals surface area contributed by atoms with Crippen LogP contribution in [0.25, 0.3) is 11.3 Å². The lowest BCUT2D eigenvalue weighted by Crippen LogP contribution is -2.25. The van der Waals surface area contributed by atoms with E-state index in [1.165, 1.54) is 0 Å². The second kappa shape index (κ2) is 5.26. The maximum absolute atomic E-state index is 12.3. The van der Waals surface area contributed by atoms with Gasteiger partial charge in [0, 0.05) is 24.7 Å². The third-order valence-corrected chi connectivity index (χ3v) is 3.80. The molecule has 0 atom stereocenters. The van der Waals surface area contributed by atoms with E-state index >= 15 is 0 Å². The third kappa shape index (κ3) is 2.29. The van der Waals surface area contributed by atoms with Crippen molar-refractivity contribution in [3.63, 3.8) is 0 Å². The van der Waals surface area contributed by atoms with Crippen molar-refractivity contribution < 1.29 is 9.47 Å². The molecule has 0 saturated heterocycles. The minimum atomic E-state index is -0.0533. The van der Waals surface area contributed by atoms with Crippen molar-refractivity contribution in [2.45, 2.75) is 13.5 Å². The Morgan fingerprint density at radius 2 is 1.90 bits per heavy atom. The molecule has 0 bridgehead atoms. The zero-order valence-electron chi connectivity index (χ0n) is 12.2. The Balaban J connectivity index is 2.15. The van der Waals surface area contributed by atoms with E-state index in [0.717, 1.165) is 22.6 Å². The van der Waals surface area contributed by atoms with E-state index in [2.05, 4.69) is 0 Å². The van der Waals surface area contributed by atoms with Gasteiger partial charge in [0.05, 0.1) is 5.69 Å². The Hall–Kier alpha value is -2.27. The van der Waals surface area contributed by atoms with Gasteiger partial charge in [0.2, 0.25) is 0 Å². The molecule has 1 aliphatic heterocycles. The van der Waals surface area contributed by atoms with Gasteiger partial charge >= 0.3 is 0 Å². The van der Waals surface area contributed by atoms with Crippen LogP contribution < -0.4 is 20.8 Å². The predicted molar refractivity (Wildman–Crippen MR) is 80.7 cm³/mol. The molecular formula is C16H18N2O3. The Labute approximate surface area is 122 Å². The summed E-state index contributed by atoms with van der Waals surface area (Å²) in [7, 11) is 1.76. The van der Waals surface area contributed by atoms with Crippen LogP contribution in [0.15, 0.2) is 29.1 Å². The first-order valence-corrected chi connectivity index (χ1v) is 6.91. The number of hydrogen-bond acceptors (Lipinski definition) is 4. The van der Waals surface area contributed by atoms with Crippen LogP contribution in [-0.2, 0) is 13.6 Å². The normalized spacial score (nSPS) is 13.3. The number of nitrogens with zero attached hydrogens (tertiary/aromatic N) is 1. The van der Waals surface area contributed by atoms with Crippen LogP contribution in [0.1, 0.15) is 11.1 Å². The van der Waals surface area contributed by atoms with Gasteiger partial charge < -0.3 is 19.8 Å². The number of hydrogen-bond donors (Lipinski definition) is 1. The molecule has 1 aromatic heterocycles. The first kappa shape index (κ1) is 13.7. The van der Waals surface area contributed by atoms with Gasteiger partial charge in [-0.2, -0.15) is 0 Å². The molecule has 0 spiro atoms. The van der Waals surface area contributed by atoms with Gasteiger partial charge in [0.25, 0.3) is 5.56 Å². The van der Waals surface area contributed by atoms with Crippen molar-refractivity contribution in [3.8, 4) is 22.8 Å². The molecule has 21 heavy (non-hydrogen) atoms. The number of aromatic nitrogens is 1. The standard InChI is InChI=1S/C16H18N2O3/c1-10-7-13(18(2)16(19)12(10)9-17)11-3-4-14-15(8-11)21-6-5-20-14/h3-4,7-8H,5-6,9,17H2,1-2H3. The summed E-state index contributed by atoms with van der Waals surface area (Å²) in [5.74, 6) is 1.46. The Kier molecular flexibility index (Phi) is 3.43. The molecule has 5 heteroatoms. The second-order valence-electron chi connectivity index (χ2n) is 5.12. The van der Waals surface area contributed by atoms with E-state index in [-0.39, 0.29) is 12.1 Å². The molecule has 1 aliphatic rings. The van der Waals surface area contributed by atoms with Gasteiger partial charge in [0.15, 0.2) is 11.5 Å². The van der Waals surface area contributed by atoms with Crippen LogP contribution in [0, 0.1) is 6.92 Å². The van der Waals surface area contributed by atoms with Crippen molar-refractivity contribution in [1.29, 1.82) is 0 Å². The van der Waals surface area contributed by atoms with Crippen LogP contribution >= 0.6 is 0 Å². The Bertz CT molecular complexity index is 750. The fourth-order valence-corrected chi connectivity index (χ4v) is 2.60. The quantitative estimate of drug-likeness (QED) is 0.910. The molecule has 0 aliphatic carbocycles. The lowest BCUT2D eigenvalue weighted by molar-refractivity contribution is 0.171. The average molecular weight is 286 g/mol. The van der Waals surface area contributed by atoms with Crippen LogP contribution in [-0.4, -0.2) is 17.8 Å². The van der Waals surface area contributed by atoms with Crippen LogP contribution in [0.3, 0.4) is 0 Å². The summed E-state index contributed by atoms with van der Waals surface area (Å²) in [5, 5.41) is 0. The predicted octanol–water partition coefficient (Wildman–Crippen LogP) is 1.59. The van der Waals surface area contributed by atoms with E-state index in [4.69, 9.17) is 15.2 Å². The fourth-order valence-electron chi connectivity index (χ4n) is 2.60. The molecule has 2 heterocycles. The summed E-state index contributed by atoms with van der Waals surface area (Å²) in [4.78, 5) is 12.3. The summed E-state index contributed by atoms with van der Waals surface area (Å²) in [6.45, 7) is 3.26. The average Bonchev–Trinajstić information content (AvgIpc) is 2.51. The monoisotopic (exact) mass is 286 g/mol. The van der Waals surface area contributed by atoms with Gasteiger partial charge in [-0.15, -0.1) is 0 Å². The van der Waals surface area contributed by atoms with Crippen molar-refractivity contribution in [1.82, 2.24) is 4.57 Å². The number of fused-ring (bicyclic) bond motifs is 1. The fraction of sp³-hybridized carbons (Fsp3) is 0.312. The lowest BCUT2D eigenvalue weighted by Gasteiger charge is -2.20. The van der Waals surface area contributed by atoms with E-state index < -0.39 is 0 Å². The summed E-state index contributed by atoms with van der Waals surface area (Å²) in [6, 6.07) is 7.70. The molecule has 0 amide bonds. The molecule has 110 valence electrons. The number of ether oxygens (including phenoxy) is 2. The zero-order chi connectivity index (χ0) is 15.0. The Morgan fingerprint density at radius 1 is 1.19 bits per heavy atom. The van der Waals surface area contributed by atoms with E-state index in [1.807, 2.05) is 31.2 Å².